The van der Waals surface area contributed by atoms with Crippen LogP contribution in [0.3, 0.4) is 0 Å². The molecule has 0 amide bonds. The van der Waals surface area contributed by atoms with Crippen LogP contribution in [0.15, 0.2) is 35.9 Å². The largest absolute Gasteiger partial charge is 0.497 e. The quantitative estimate of drug-likeness (QED) is 0.839. The first-order chi connectivity index (χ1) is 11.0. The Labute approximate surface area is 138 Å². The number of allylic oxidation sites excluding steroid dienone is 1. The number of fused-ring (bicyclic) bond motifs is 2. The Morgan fingerprint density at radius 3 is 2.57 bits per heavy atom. The third kappa shape index (κ3) is 2.72. The summed E-state index contributed by atoms with van der Waals surface area (Å²) in [7, 11) is 1.66. The van der Waals surface area contributed by atoms with Crippen molar-refractivity contribution in [3.8, 4) is 5.75 Å². The predicted molar refractivity (Wildman–Crippen MR) is 90.6 cm³/mol. The lowest BCUT2D eigenvalue weighted by molar-refractivity contribution is -0.150. The molecule has 0 heterocycles. The minimum atomic E-state index is -1.21. The molecule has 0 aromatic heterocycles. The van der Waals surface area contributed by atoms with E-state index in [4.69, 9.17) is 4.74 Å². The van der Waals surface area contributed by atoms with Crippen LogP contribution in [0.25, 0.3) is 0 Å². The number of aliphatic hydroxyl groups is 1. The van der Waals surface area contributed by atoms with Crippen molar-refractivity contribution in [3.05, 3.63) is 41.5 Å². The van der Waals surface area contributed by atoms with E-state index < -0.39 is 5.60 Å². The number of hydrogen-bond acceptors (Lipinski definition) is 3. The van der Waals surface area contributed by atoms with Gasteiger partial charge in [-0.25, -0.2) is 0 Å². The molecule has 4 atom stereocenters. The van der Waals surface area contributed by atoms with Gasteiger partial charge in [-0.05, 0) is 49.8 Å². The minimum absolute atomic E-state index is 0.00294. The van der Waals surface area contributed by atoms with Gasteiger partial charge in [-0.3, -0.25) is 4.79 Å². The van der Waals surface area contributed by atoms with Gasteiger partial charge >= 0.3 is 0 Å². The van der Waals surface area contributed by atoms with Gasteiger partial charge in [0.05, 0.1) is 7.11 Å². The molecule has 4 unspecified atom stereocenters. The fraction of sp³-hybridized carbons (Fsp3) is 0.550. The molecule has 1 aromatic rings. The summed E-state index contributed by atoms with van der Waals surface area (Å²) in [4.78, 5) is 12.9. The Kier molecular flexibility index (Phi) is 4.33. The van der Waals surface area contributed by atoms with E-state index in [1.54, 1.807) is 14.0 Å². The molecule has 3 nitrogen and oxygen atoms in total. The van der Waals surface area contributed by atoms with Crippen LogP contribution in [0.2, 0.25) is 0 Å². The number of carbonyl (C=O) groups is 1. The predicted octanol–water partition coefficient (Wildman–Crippen LogP) is 3.87. The van der Waals surface area contributed by atoms with Crippen LogP contribution >= 0.6 is 0 Å². The van der Waals surface area contributed by atoms with Crippen LogP contribution in [0.4, 0.5) is 0 Å². The van der Waals surface area contributed by atoms with Gasteiger partial charge in [0.25, 0.3) is 0 Å². The van der Waals surface area contributed by atoms with Crippen LogP contribution in [-0.2, 0) is 4.79 Å². The summed E-state index contributed by atoms with van der Waals surface area (Å²) >= 11 is 0. The summed E-state index contributed by atoms with van der Waals surface area (Å²) in [6, 6.07) is 8.03. The van der Waals surface area contributed by atoms with E-state index >= 15 is 0 Å². The van der Waals surface area contributed by atoms with Crippen molar-refractivity contribution < 1.29 is 14.6 Å². The number of unbranched alkanes of at least 4 members (excludes halogenated alkanes) is 1. The topological polar surface area (TPSA) is 46.5 Å². The lowest BCUT2D eigenvalue weighted by atomic mass is 9.56. The molecule has 124 valence electrons. The van der Waals surface area contributed by atoms with Crippen molar-refractivity contribution in [2.75, 3.05) is 7.11 Å². The average Bonchev–Trinajstić information content (AvgIpc) is 2.57. The van der Waals surface area contributed by atoms with Crippen molar-refractivity contribution in [2.45, 2.75) is 51.0 Å². The zero-order valence-corrected chi connectivity index (χ0v) is 14.2. The molecule has 0 radical (unpaired) electrons. The Bertz CT molecular complexity index is 612. The van der Waals surface area contributed by atoms with Crippen molar-refractivity contribution in [2.24, 2.45) is 11.8 Å². The van der Waals surface area contributed by atoms with Gasteiger partial charge in [0.1, 0.15) is 11.4 Å². The van der Waals surface area contributed by atoms with E-state index in [-0.39, 0.29) is 23.5 Å². The second-order valence-electron chi connectivity index (χ2n) is 7.06. The van der Waals surface area contributed by atoms with Gasteiger partial charge in [0.2, 0.25) is 0 Å². The van der Waals surface area contributed by atoms with Gasteiger partial charge in [-0.1, -0.05) is 37.1 Å². The molecule has 2 bridgehead atoms. The third-order valence-electron chi connectivity index (χ3n) is 5.59. The van der Waals surface area contributed by atoms with E-state index in [9.17, 15) is 9.90 Å². The fourth-order valence-corrected chi connectivity index (χ4v) is 4.14. The zero-order chi connectivity index (χ0) is 16.6. The number of Topliss-reactive ketones (excluding diaryl/α,β-unsaturated/α-hetero) is 1. The van der Waals surface area contributed by atoms with Crippen LogP contribution in [0, 0.1) is 11.8 Å². The van der Waals surface area contributed by atoms with Crippen molar-refractivity contribution in [1.29, 1.82) is 0 Å². The zero-order valence-electron chi connectivity index (χ0n) is 14.2. The third-order valence-corrected chi connectivity index (χ3v) is 5.59. The van der Waals surface area contributed by atoms with Gasteiger partial charge < -0.3 is 9.84 Å². The summed E-state index contributed by atoms with van der Waals surface area (Å²) in [5.74, 6) is 0.766. The monoisotopic (exact) mass is 314 g/mol. The molecule has 1 saturated carbocycles. The molecule has 0 aliphatic heterocycles. The van der Waals surface area contributed by atoms with Gasteiger partial charge in [-0.2, -0.15) is 0 Å². The normalized spacial score (nSPS) is 32.8. The van der Waals surface area contributed by atoms with Crippen molar-refractivity contribution >= 4 is 5.78 Å². The molecule has 0 saturated heterocycles. The van der Waals surface area contributed by atoms with Gasteiger partial charge in [0, 0.05) is 11.8 Å². The van der Waals surface area contributed by atoms with Crippen molar-refractivity contribution in [1.82, 2.24) is 0 Å². The van der Waals surface area contributed by atoms with E-state index in [1.165, 1.54) is 11.1 Å². The Morgan fingerprint density at radius 1 is 1.30 bits per heavy atom. The van der Waals surface area contributed by atoms with Crippen LogP contribution in [0.1, 0.15) is 51.0 Å². The first-order valence-electron chi connectivity index (χ1n) is 8.60. The number of carbonyl (C=O) groups excluding carboxylic acids is 1. The Hall–Kier alpha value is -1.61. The van der Waals surface area contributed by atoms with Crippen molar-refractivity contribution in [3.63, 3.8) is 0 Å². The lowest BCUT2D eigenvalue weighted by Crippen LogP contribution is -2.55. The van der Waals surface area contributed by atoms with Gasteiger partial charge in [0.15, 0.2) is 5.78 Å². The highest BCUT2D eigenvalue weighted by molar-refractivity contribution is 5.95. The summed E-state index contributed by atoms with van der Waals surface area (Å²) in [6.07, 6.45) is 6.20. The maximum atomic E-state index is 12.9. The van der Waals surface area contributed by atoms with Gasteiger partial charge in [-0.15, -0.1) is 0 Å². The van der Waals surface area contributed by atoms with E-state index in [0.29, 0.717) is 0 Å². The smallest absolute Gasteiger partial charge is 0.172 e. The number of hydrogen-bond donors (Lipinski definition) is 1. The number of rotatable bonds is 5. The molecule has 1 fully saturated rings. The molecule has 23 heavy (non-hydrogen) atoms. The average molecular weight is 314 g/mol. The van der Waals surface area contributed by atoms with Crippen LogP contribution in [-0.4, -0.2) is 23.6 Å². The number of methoxy groups -OCH3 is 1. The molecular weight excluding hydrogens is 288 g/mol. The molecule has 1 N–H and O–H groups in total. The van der Waals surface area contributed by atoms with Crippen LogP contribution in [0.5, 0.6) is 5.75 Å². The fourth-order valence-electron chi connectivity index (χ4n) is 4.14. The van der Waals surface area contributed by atoms with E-state index in [1.807, 2.05) is 12.1 Å². The second-order valence-corrected chi connectivity index (χ2v) is 7.06. The minimum Gasteiger partial charge on any atom is -0.497 e. The standard InChI is InChI=1S/C20H26O3/c1-4-5-6-14-11-15-12-17(18(14)19(21)20(15,2)22)13-7-9-16(23-3)10-8-13/h7-11,15,17-18,22H,4-6,12H2,1-3H3. The molecular formula is C20H26O3. The summed E-state index contributed by atoms with van der Waals surface area (Å²) in [5, 5.41) is 10.6. The Morgan fingerprint density at radius 2 is 2.00 bits per heavy atom. The molecule has 3 aliphatic rings. The highest BCUT2D eigenvalue weighted by Gasteiger charge is 2.54. The molecule has 3 aliphatic carbocycles. The first kappa shape index (κ1) is 16.3. The first-order valence-corrected chi connectivity index (χ1v) is 8.60. The highest BCUT2D eigenvalue weighted by atomic mass is 16.5. The SMILES string of the molecule is CCCCC1=CC2CC(c3ccc(OC)cc3)C1C(=O)C2(C)O. The molecule has 4 rings (SSSR count). The van der Waals surface area contributed by atoms with Crippen LogP contribution < -0.4 is 4.74 Å². The maximum absolute atomic E-state index is 12.9. The number of benzene rings is 1. The lowest BCUT2D eigenvalue weighted by Gasteiger charge is -2.48. The summed E-state index contributed by atoms with van der Waals surface area (Å²) < 4.78 is 5.23. The Balaban J connectivity index is 1.94. The number of ketones is 1. The molecule has 1 aromatic carbocycles. The summed E-state index contributed by atoms with van der Waals surface area (Å²) in [6.45, 7) is 3.85. The second kappa shape index (κ2) is 6.12. The van der Waals surface area contributed by atoms with E-state index in [2.05, 4.69) is 25.1 Å². The number of ether oxygens (including phenoxy) is 1. The summed E-state index contributed by atoms with van der Waals surface area (Å²) in [5.41, 5.74) is 1.20. The van der Waals surface area contributed by atoms with E-state index in [0.717, 1.165) is 31.4 Å². The molecule has 3 heteroatoms. The molecule has 0 spiro atoms. The highest BCUT2D eigenvalue weighted by Crippen LogP contribution is 2.52. The maximum Gasteiger partial charge on any atom is 0.172 e.